The van der Waals surface area contributed by atoms with E-state index in [0.717, 1.165) is 18.4 Å². The number of methoxy groups -OCH3 is 1. The van der Waals surface area contributed by atoms with E-state index in [1.165, 1.54) is 31.0 Å². The van der Waals surface area contributed by atoms with Crippen molar-refractivity contribution in [1.29, 1.82) is 0 Å². The van der Waals surface area contributed by atoms with Gasteiger partial charge in [0, 0.05) is 19.7 Å². The molecule has 10 nitrogen and oxygen atoms in total. The van der Waals surface area contributed by atoms with Crippen molar-refractivity contribution in [3.05, 3.63) is 42.0 Å². The first-order valence-corrected chi connectivity index (χ1v) is 12.1. The van der Waals surface area contributed by atoms with Crippen LogP contribution in [0.2, 0.25) is 0 Å². The smallest absolute Gasteiger partial charge is 0.341 e. The third kappa shape index (κ3) is 5.37. The van der Waals surface area contributed by atoms with E-state index in [1.54, 1.807) is 19.2 Å². The predicted molar refractivity (Wildman–Crippen MR) is 125 cm³/mol. The van der Waals surface area contributed by atoms with Gasteiger partial charge >= 0.3 is 16.1 Å². The molecule has 0 saturated heterocycles. The number of nitrogens with two attached hydrogens (primary N) is 1. The number of hydrogen-bond acceptors (Lipinski definition) is 7. The summed E-state index contributed by atoms with van der Waals surface area (Å²) in [6, 6.07) is 9.20. The van der Waals surface area contributed by atoms with Crippen LogP contribution in [-0.2, 0) is 14.9 Å². The number of ether oxygens (including phenoxy) is 1. The van der Waals surface area contributed by atoms with Gasteiger partial charge in [0.2, 0.25) is 5.95 Å². The average Bonchev–Trinajstić information content (AvgIpc) is 3.43. The highest BCUT2D eigenvalue weighted by atomic mass is 32.2. The molecule has 1 aliphatic rings. The fourth-order valence-electron chi connectivity index (χ4n) is 4.00. The Hall–Kier alpha value is -3.31. The number of nitrogens with zero attached hydrogens (tertiary/aromatic N) is 1. The molecule has 0 radical (unpaired) electrons. The van der Waals surface area contributed by atoms with E-state index in [4.69, 9.17) is 14.7 Å². The number of amides is 2. The zero-order chi connectivity index (χ0) is 23.4. The number of imidazole rings is 1. The third-order valence-electron chi connectivity index (χ3n) is 5.61. The van der Waals surface area contributed by atoms with Crippen LogP contribution in [-0.4, -0.2) is 44.7 Å². The highest BCUT2D eigenvalue weighted by Crippen LogP contribution is 2.36. The first-order valence-electron chi connectivity index (χ1n) is 10.7. The van der Waals surface area contributed by atoms with Gasteiger partial charge in [0.1, 0.15) is 10.6 Å². The molecular formula is C22H27N5O5S. The molecule has 3 aromatic rings. The van der Waals surface area contributed by atoms with E-state index in [0.29, 0.717) is 30.1 Å². The molecule has 1 heterocycles. The number of urea groups is 1. The standard InChI is InChI=1S/C22H27N5O5S/c1-31-11-10-24-22(28)27-21-25-18-8-7-16(13-19(18)26-21)32-33(29,30)20-9-6-15(12-17(20)23)14-4-2-3-5-14/h6-9,12-14H,2-5,10-11,23H2,1H3,(H3,24,25,26,27,28). The van der Waals surface area contributed by atoms with Gasteiger partial charge in [-0.05, 0) is 48.6 Å². The summed E-state index contributed by atoms with van der Waals surface area (Å²) in [7, 11) is -2.59. The molecule has 0 unspecified atom stereocenters. The number of hydrogen-bond donors (Lipinski definition) is 4. The number of rotatable bonds is 8. The molecule has 5 N–H and O–H groups in total. The number of nitrogen functional groups attached to an aromatic ring is 1. The van der Waals surface area contributed by atoms with Crippen molar-refractivity contribution >= 4 is 38.8 Å². The van der Waals surface area contributed by atoms with Gasteiger partial charge < -0.3 is 25.0 Å². The topological polar surface area (TPSA) is 148 Å². The first kappa shape index (κ1) is 22.9. The Labute approximate surface area is 192 Å². The maximum absolute atomic E-state index is 12.9. The van der Waals surface area contributed by atoms with Crippen molar-refractivity contribution in [2.75, 3.05) is 31.3 Å². The van der Waals surface area contributed by atoms with Crippen molar-refractivity contribution in [3.8, 4) is 5.75 Å². The van der Waals surface area contributed by atoms with Crippen LogP contribution in [0.4, 0.5) is 16.4 Å². The number of fused-ring (bicyclic) bond motifs is 1. The molecule has 1 aliphatic carbocycles. The van der Waals surface area contributed by atoms with Crippen molar-refractivity contribution in [2.24, 2.45) is 0 Å². The molecule has 0 bridgehead atoms. The summed E-state index contributed by atoms with van der Waals surface area (Å²) in [6.07, 6.45) is 4.55. The summed E-state index contributed by atoms with van der Waals surface area (Å²) < 4.78 is 35.9. The minimum atomic E-state index is -4.13. The van der Waals surface area contributed by atoms with Crippen LogP contribution < -0.4 is 20.6 Å². The lowest BCUT2D eigenvalue weighted by atomic mass is 9.97. The quantitative estimate of drug-likeness (QED) is 0.223. The summed E-state index contributed by atoms with van der Waals surface area (Å²) in [6.45, 7) is 0.736. The molecular weight excluding hydrogens is 446 g/mol. The summed E-state index contributed by atoms with van der Waals surface area (Å²) in [4.78, 5) is 19.0. The van der Waals surface area contributed by atoms with Gasteiger partial charge in [-0.3, -0.25) is 5.32 Å². The van der Waals surface area contributed by atoms with Crippen LogP contribution in [0.25, 0.3) is 11.0 Å². The largest absolute Gasteiger partial charge is 0.398 e. The van der Waals surface area contributed by atoms with E-state index in [1.807, 2.05) is 6.07 Å². The van der Waals surface area contributed by atoms with Crippen molar-refractivity contribution in [3.63, 3.8) is 0 Å². The Bertz CT molecular complexity index is 1250. The first-order chi connectivity index (χ1) is 15.9. The lowest BCUT2D eigenvalue weighted by Crippen LogP contribution is -2.31. The predicted octanol–water partition coefficient (Wildman–Crippen LogP) is 3.34. The fourth-order valence-corrected chi connectivity index (χ4v) is 5.03. The average molecular weight is 474 g/mol. The van der Waals surface area contributed by atoms with Crippen molar-refractivity contribution < 1.29 is 22.1 Å². The van der Waals surface area contributed by atoms with Gasteiger partial charge in [-0.2, -0.15) is 8.42 Å². The third-order valence-corrected chi connectivity index (χ3v) is 6.94. The number of H-pyrrole nitrogens is 1. The van der Waals surface area contributed by atoms with E-state index >= 15 is 0 Å². The minimum absolute atomic E-state index is 0.0657. The van der Waals surface area contributed by atoms with Crippen LogP contribution in [0.5, 0.6) is 5.75 Å². The Morgan fingerprint density at radius 2 is 2.00 bits per heavy atom. The zero-order valence-electron chi connectivity index (χ0n) is 18.3. The Kier molecular flexibility index (Phi) is 6.70. The van der Waals surface area contributed by atoms with Crippen molar-refractivity contribution in [1.82, 2.24) is 15.3 Å². The van der Waals surface area contributed by atoms with Gasteiger partial charge in [-0.15, -0.1) is 0 Å². The molecule has 1 fully saturated rings. The number of nitrogens with one attached hydrogen (secondary N) is 3. The van der Waals surface area contributed by atoms with Gasteiger partial charge in [-0.25, -0.2) is 9.78 Å². The molecule has 2 aromatic carbocycles. The van der Waals surface area contributed by atoms with Crippen LogP contribution in [0.15, 0.2) is 41.3 Å². The summed E-state index contributed by atoms with van der Waals surface area (Å²) in [5.74, 6) is 0.741. The Morgan fingerprint density at radius 1 is 1.21 bits per heavy atom. The number of aromatic nitrogens is 2. The number of anilines is 2. The number of carbonyl (C=O) groups excluding carboxylic acids is 1. The molecule has 2 amide bonds. The minimum Gasteiger partial charge on any atom is -0.398 e. The molecule has 0 aliphatic heterocycles. The molecule has 0 atom stereocenters. The van der Waals surface area contributed by atoms with Crippen LogP contribution in [0.3, 0.4) is 0 Å². The van der Waals surface area contributed by atoms with E-state index in [-0.39, 0.29) is 22.3 Å². The second kappa shape index (κ2) is 9.67. The van der Waals surface area contributed by atoms with Gasteiger partial charge in [0.15, 0.2) is 0 Å². The molecule has 176 valence electrons. The molecule has 11 heteroatoms. The second-order valence-corrected chi connectivity index (χ2v) is 9.47. The molecule has 4 rings (SSSR count). The SMILES string of the molecule is COCCNC(=O)Nc1nc2ccc(OS(=O)(=O)c3ccc(C4CCCC4)cc3N)cc2[nH]1. The molecule has 0 spiro atoms. The van der Waals surface area contributed by atoms with Gasteiger partial charge in [0.25, 0.3) is 0 Å². The van der Waals surface area contributed by atoms with Gasteiger partial charge in [-0.1, -0.05) is 18.9 Å². The highest BCUT2D eigenvalue weighted by Gasteiger charge is 2.23. The van der Waals surface area contributed by atoms with E-state index in [9.17, 15) is 13.2 Å². The maximum atomic E-state index is 12.9. The summed E-state index contributed by atoms with van der Waals surface area (Å²) >= 11 is 0. The Morgan fingerprint density at radius 3 is 2.73 bits per heavy atom. The number of benzene rings is 2. The fraction of sp³-hybridized carbons (Fsp3) is 0.364. The lowest BCUT2D eigenvalue weighted by Gasteiger charge is -2.13. The van der Waals surface area contributed by atoms with E-state index < -0.39 is 16.1 Å². The summed E-state index contributed by atoms with van der Waals surface area (Å²) in [5, 5.41) is 5.18. The van der Waals surface area contributed by atoms with Crippen LogP contribution >= 0.6 is 0 Å². The number of aromatic amines is 1. The second-order valence-electron chi connectivity index (χ2n) is 7.95. The normalized spacial score (nSPS) is 14.5. The molecule has 33 heavy (non-hydrogen) atoms. The Balaban J connectivity index is 1.48. The summed E-state index contributed by atoms with van der Waals surface area (Å²) in [5.41, 5.74) is 8.36. The number of carbonyl (C=O) groups is 1. The zero-order valence-corrected chi connectivity index (χ0v) is 19.1. The van der Waals surface area contributed by atoms with Crippen LogP contribution in [0.1, 0.15) is 37.2 Å². The monoisotopic (exact) mass is 473 g/mol. The maximum Gasteiger partial charge on any atom is 0.341 e. The van der Waals surface area contributed by atoms with Crippen LogP contribution in [0, 0.1) is 0 Å². The van der Waals surface area contributed by atoms with Crippen molar-refractivity contribution in [2.45, 2.75) is 36.5 Å². The molecule has 1 aromatic heterocycles. The lowest BCUT2D eigenvalue weighted by molar-refractivity contribution is 0.198. The van der Waals surface area contributed by atoms with E-state index in [2.05, 4.69) is 20.6 Å². The molecule has 1 saturated carbocycles. The van der Waals surface area contributed by atoms with Gasteiger partial charge in [0.05, 0.1) is 23.3 Å². The highest BCUT2D eigenvalue weighted by molar-refractivity contribution is 7.87.